The summed E-state index contributed by atoms with van der Waals surface area (Å²) < 4.78 is 0. The average molecular weight is 375 g/mol. The molecular formula is C19H26N4O2S. The van der Waals surface area contributed by atoms with Gasteiger partial charge in [-0.2, -0.15) is 0 Å². The predicted octanol–water partition coefficient (Wildman–Crippen LogP) is 3.05. The third kappa shape index (κ3) is 4.88. The van der Waals surface area contributed by atoms with E-state index in [9.17, 15) is 10.1 Å². The van der Waals surface area contributed by atoms with Crippen molar-refractivity contribution in [3.63, 3.8) is 0 Å². The van der Waals surface area contributed by atoms with Gasteiger partial charge in [0.2, 0.25) is 0 Å². The summed E-state index contributed by atoms with van der Waals surface area (Å²) in [6, 6.07) is 11.4. The molecule has 1 aromatic carbocycles. The van der Waals surface area contributed by atoms with E-state index in [0.29, 0.717) is 11.6 Å². The topological polar surface area (TPSA) is 61.6 Å². The van der Waals surface area contributed by atoms with Crippen molar-refractivity contribution in [2.24, 2.45) is 0 Å². The molecule has 26 heavy (non-hydrogen) atoms. The fourth-order valence-electron chi connectivity index (χ4n) is 3.22. The van der Waals surface area contributed by atoms with Gasteiger partial charge in [-0.05, 0) is 32.2 Å². The van der Waals surface area contributed by atoms with E-state index in [1.165, 1.54) is 4.88 Å². The largest absolute Gasteiger partial charge is 0.308 e. The zero-order valence-corrected chi connectivity index (χ0v) is 16.2. The van der Waals surface area contributed by atoms with Crippen LogP contribution in [0.25, 0.3) is 10.4 Å². The van der Waals surface area contributed by atoms with Gasteiger partial charge in [0.1, 0.15) is 0 Å². The summed E-state index contributed by atoms with van der Waals surface area (Å²) in [5.74, 6) is 0. The molecule has 1 aliphatic rings. The molecule has 1 aromatic heterocycles. The van der Waals surface area contributed by atoms with Crippen LogP contribution in [-0.2, 0) is 6.54 Å². The fourth-order valence-corrected chi connectivity index (χ4v) is 4.21. The fraction of sp³-hybridized carbons (Fsp3) is 0.474. The van der Waals surface area contributed by atoms with Gasteiger partial charge < -0.3 is 10.2 Å². The van der Waals surface area contributed by atoms with Crippen molar-refractivity contribution in [2.45, 2.75) is 19.5 Å². The number of para-hydroxylation sites is 1. The maximum atomic E-state index is 11.2. The second-order valence-corrected chi connectivity index (χ2v) is 8.09. The molecule has 1 saturated heterocycles. The first-order valence-electron chi connectivity index (χ1n) is 8.99. The van der Waals surface area contributed by atoms with Crippen LogP contribution in [0.15, 0.2) is 36.4 Å². The van der Waals surface area contributed by atoms with Crippen LogP contribution in [-0.4, -0.2) is 60.5 Å². The predicted molar refractivity (Wildman–Crippen MR) is 107 cm³/mol. The van der Waals surface area contributed by atoms with Crippen molar-refractivity contribution in [1.82, 2.24) is 15.1 Å². The third-order valence-electron chi connectivity index (χ3n) is 4.78. The molecule has 140 valence electrons. The number of nitro benzene ring substituents is 1. The number of thiophene rings is 1. The monoisotopic (exact) mass is 374 g/mol. The van der Waals surface area contributed by atoms with E-state index in [1.54, 1.807) is 23.5 Å². The molecule has 1 fully saturated rings. The minimum atomic E-state index is -0.314. The Morgan fingerprint density at radius 2 is 1.92 bits per heavy atom. The van der Waals surface area contributed by atoms with Gasteiger partial charge >= 0.3 is 0 Å². The summed E-state index contributed by atoms with van der Waals surface area (Å²) in [7, 11) is 2.17. The SMILES string of the molecule is CC(CN1CCN(C)CC1)NCc1ccc(-c2ccccc2[N+](=O)[O-])s1. The van der Waals surface area contributed by atoms with Crippen molar-refractivity contribution in [3.8, 4) is 10.4 Å². The van der Waals surface area contributed by atoms with E-state index < -0.39 is 0 Å². The van der Waals surface area contributed by atoms with Crippen LogP contribution in [0.4, 0.5) is 5.69 Å². The number of nitrogens with one attached hydrogen (secondary N) is 1. The second-order valence-electron chi connectivity index (χ2n) is 6.93. The highest BCUT2D eigenvalue weighted by Gasteiger charge is 2.17. The van der Waals surface area contributed by atoms with Crippen LogP contribution in [0, 0.1) is 10.1 Å². The molecule has 1 atom stereocenters. The minimum absolute atomic E-state index is 0.164. The Bertz CT molecular complexity index is 741. The Morgan fingerprint density at radius 3 is 2.65 bits per heavy atom. The Hall–Kier alpha value is -1.80. The zero-order chi connectivity index (χ0) is 18.5. The van der Waals surface area contributed by atoms with Gasteiger partial charge in [-0.15, -0.1) is 11.3 Å². The van der Waals surface area contributed by atoms with Gasteiger partial charge in [-0.1, -0.05) is 12.1 Å². The number of piperazine rings is 1. The van der Waals surface area contributed by atoms with Crippen molar-refractivity contribution in [3.05, 3.63) is 51.4 Å². The Kier molecular flexibility index (Phi) is 6.37. The second kappa shape index (κ2) is 8.73. The normalized spacial score (nSPS) is 17.3. The van der Waals surface area contributed by atoms with Crippen LogP contribution in [0.2, 0.25) is 0 Å². The molecule has 2 aromatic rings. The number of rotatable bonds is 7. The van der Waals surface area contributed by atoms with Crippen LogP contribution in [0.3, 0.4) is 0 Å². The van der Waals surface area contributed by atoms with E-state index in [4.69, 9.17) is 0 Å². The molecule has 1 N–H and O–H groups in total. The third-order valence-corrected chi connectivity index (χ3v) is 5.90. The van der Waals surface area contributed by atoms with Gasteiger partial charge in [-0.25, -0.2) is 0 Å². The van der Waals surface area contributed by atoms with Gasteiger partial charge in [0.05, 0.1) is 10.5 Å². The smallest absolute Gasteiger partial charge is 0.278 e. The Morgan fingerprint density at radius 1 is 1.19 bits per heavy atom. The summed E-state index contributed by atoms with van der Waals surface area (Å²) in [5, 5.41) is 14.8. The van der Waals surface area contributed by atoms with Gasteiger partial charge in [0.25, 0.3) is 5.69 Å². The van der Waals surface area contributed by atoms with E-state index in [2.05, 4.69) is 35.2 Å². The van der Waals surface area contributed by atoms with E-state index >= 15 is 0 Å². The van der Waals surface area contributed by atoms with Crippen LogP contribution < -0.4 is 5.32 Å². The molecule has 6 nitrogen and oxygen atoms in total. The zero-order valence-electron chi connectivity index (χ0n) is 15.4. The number of hydrogen-bond donors (Lipinski definition) is 1. The molecule has 0 radical (unpaired) electrons. The standard InChI is InChI=1S/C19H26N4O2S/c1-15(14-22-11-9-21(2)10-12-22)20-13-16-7-8-19(26-16)17-5-3-4-6-18(17)23(24)25/h3-8,15,20H,9-14H2,1-2H3. The highest BCUT2D eigenvalue weighted by molar-refractivity contribution is 7.15. The summed E-state index contributed by atoms with van der Waals surface area (Å²) in [5.41, 5.74) is 0.858. The lowest BCUT2D eigenvalue weighted by Crippen LogP contribution is -2.48. The Labute approximate surface area is 158 Å². The highest BCUT2D eigenvalue weighted by atomic mass is 32.1. The lowest BCUT2D eigenvalue weighted by molar-refractivity contribution is -0.384. The van der Waals surface area contributed by atoms with E-state index in [0.717, 1.165) is 44.1 Å². The molecule has 7 heteroatoms. The summed E-state index contributed by atoms with van der Waals surface area (Å²) >= 11 is 1.62. The van der Waals surface area contributed by atoms with Crippen molar-refractivity contribution < 1.29 is 4.92 Å². The molecule has 0 bridgehead atoms. The van der Waals surface area contributed by atoms with E-state index in [-0.39, 0.29) is 10.6 Å². The van der Waals surface area contributed by atoms with Gasteiger partial charge in [0, 0.05) is 61.1 Å². The molecule has 0 amide bonds. The first-order chi connectivity index (χ1) is 12.5. The lowest BCUT2D eigenvalue weighted by Gasteiger charge is -2.34. The molecule has 2 heterocycles. The molecule has 0 spiro atoms. The molecule has 3 rings (SSSR count). The summed E-state index contributed by atoms with van der Waals surface area (Å²) in [4.78, 5) is 17.9. The highest BCUT2D eigenvalue weighted by Crippen LogP contribution is 2.34. The first kappa shape index (κ1) is 19.0. The average Bonchev–Trinajstić information content (AvgIpc) is 3.11. The van der Waals surface area contributed by atoms with Crippen LogP contribution in [0.1, 0.15) is 11.8 Å². The van der Waals surface area contributed by atoms with Crippen molar-refractivity contribution >= 4 is 17.0 Å². The molecular weight excluding hydrogens is 348 g/mol. The van der Waals surface area contributed by atoms with Crippen LogP contribution in [0.5, 0.6) is 0 Å². The molecule has 1 aliphatic heterocycles. The molecule has 0 aliphatic carbocycles. The summed E-state index contributed by atoms with van der Waals surface area (Å²) in [6.45, 7) is 8.59. The maximum absolute atomic E-state index is 11.2. The lowest BCUT2D eigenvalue weighted by atomic mass is 10.1. The number of benzene rings is 1. The molecule has 0 saturated carbocycles. The summed E-state index contributed by atoms with van der Waals surface area (Å²) in [6.07, 6.45) is 0. The Balaban J connectivity index is 1.55. The van der Waals surface area contributed by atoms with Crippen molar-refractivity contribution in [2.75, 3.05) is 39.8 Å². The van der Waals surface area contributed by atoms with Gasteiger partial charge in [-0.3, -0.25) is 15.0 Å². The number of hydrogen-bond acceptors (Lipinski definition) is 6. The van der Waals surface area contributed by atoms with Gasteiger partial charge in [0.15, 0.2) is 0 Å². The number of likely N-dealkylation sites (N-methyl/N-ethyl adjacent to an activating group) is 1. The van der Waals surface area contributed by atoms with Crippen LogP contribution >= 0.6 is 11.3 Å². The van der Waals surface area contributed by atoms with Crippen molar-refractivity contribution in [1.29, 1.82) is 0 Å². The number of nitrogens with zero attached hydrogens (tertiary/aromatic N) is 3. The van der Waals surface area contributed by atoms with E-state index in [1.807, 2.05) is 18.2 Å². The number of nitro groups is 1. The maximum Gasteiger partial charge on any atom is 0.278 e. The minimum Gasteiger partial charge on any atom is -0.308 e. The first-order valence-corrected chi connectivity index (χ1v) is 9.81. The quantitative estimate of drug-likeness (QED) is 0.596. The molecule has 1 unspecified atom stereocenters.